The van der Waals surface area contributed by atoms with Crippen LogP contribution in [0.1, 0.15) is 15.2 Å². The summed E-state index contributed by atoms with van der Waals surface area (Å²) in [5.74, 6) is 0.301. The van der Waals surface area contributed by atoms with Crippen LogP contribution in [0.2, 0.25) is 14.8 Å². The Kier molecular flexibility index (Phi) is 2.34. The van der Waals surface area contributed by atoms with E-state index in [1.807, 2.05) is 0 Å². The Labute approximate surface area is 145 Å². The van der Waals surface area contributed by atoms with Gasteiger partial charge < -0.3 is 0 Å². The molecule has 0 spiro atoms. The Morgan fingerprint density at radius 1 is 1.05 bits per heavy atom. The Morgan fingerprint density at radius 2 is 1.73 bits per heavy atom. The van der Waals surface area contributed by atoms with Gasteiger partial charge in [0.25, 0.3) is 0 Å². The van der Waals surface area contributed by atoms with Crippen molar-refractivity contribution in [1.29, 1.82) is 0 Å². The van der Waals surface area contributed by atoms with Crippen LogP contribution in [0.3, 0.4) is 0 Å². The normalized spacial score (nSPS) is 16.8. The third kappa shape index (κ3) is 2.92. The average Bonchev–Trinajstić information content (AvgIpc) is 3.12. The van der Waals surface area contributed by atoms with Crippen molar-refractivity contribution in [3.8, 4) is 22.5 Å². The monoisotopic (exact) mass is 407 g/mol. The van der Waals surface area contributed by atoms with Gasteiger partial charge in [0.2, 0.25) is 0 Å². The molecule has 1 heterocycles. The first kappa shape index (κ1) is 8.81. The molecule has 3 rings (SSSR count). The van der Waals surface area contributed by atoms with Crippen molar-refractivity contribution >= 4 is 18.7 Å². The second-order valence-electron chi connectivity index (χ2n) is 5.91. The molecule has 0 atom stereocenters. The van der Waals surface area contributed by atoms with Crippen LogP contribution in [-0.2, 0) is 0 Å². The number of aromatic nitrogens is 4. The standard InChI is InChI=1S/C14H11N4.3CH3.Sn/c1-10-6-8-11(9-7-10)12-4-2-3-5-13(12)14-15-17-18-16-14;;;;/h2-9H,1H3;3*1H3;/q-1;;;;+1/i1D3,2D,3D,4D,5D;;;;. The second kappa shape index (κ2) is 5.83. The van der Waals surface area contributed by atoms with Crippen LogP contribution in [0.25, 0.3) is 22.5 Å². The van der Waals surface area contributed by atoms with Gasteiger partial charge >= 0.3 is 145 Å². The molecular formula is C17H20N4Sn. The van der Waals surface area contributed by atoms with Crippen molar-refractivity contribution in [3.63, 3.8) is 0 Å². The predicted octanol–water partition coefficient (Wildman–Crippen LogP) is 4.00. The Bertz CT molecular complexity index is 1070. The summed E-state index contributed by atoms with van der Waals surface area (Å²) in [5, 5.41) is 11.9. The van der Waals surface area contributed by atoms with Gasteiger partial charge in [-0.15, -0.1) is 0 Å². The molecule has 0 bridgehead atoms. The molecule has 0 aliphatic rings. The first-order valence-electron chi connectivity index (χ1n) is 10.3. The Hall–Kier alpha value is -1.69. The number of hydrogen-bond donors (Lipinski definition) is 0. The van der Waals surface area contributed by atoms with E-state index in [-0.39, 0.29) is 40.9 Å². The summed E-state index contributed by atoms with van der Waals surface area (Å²) in [7, 11) is 0. The minimum absolute atomic E-state index is 0.152. The van der Waals surface area contributed by atoms with Gasteiger partial charge in [0.05, 0.1) is 0 Å². The molecule has 0 saturated carbocycles. The van der Waals surface area contributed by atoms with Crippen LogP contribution < -0.4 is 0 Å². The zero-order valence-corrected chi connectivity index (χ0v) is 15.5. The van der Waals surface area contributed by atoms with E-state index in [1.54, 1.807) is 15.0 Å². The van der Waals surface area contributed by atoms with Gasteiger partial charge in [-0.25, -0.2) is 0 Å². The van der Waals surface area contributed by atoms with E-state index in [1.165, 1.54) is 12.1 Å². The zero-order chi connectivity index (χ0) is 21.7. The number of benzene rings is 2. The first-order chi connectivity index (χ1) is 13.3. The summed E-state index contributed by atoms with van der Waals surface area (Å²) < 4.78 is 57.4. The summed E-state index contributed by atoms with van der Waals surface area (Å²) in [6.07, 6.45) is 0. The topological polar surface area (TPSA) is 43.6 Å². The van der Waals surface area contributed by atoms with Crippen LogP contribution in [0.15, 0.2) is 48.4 Å². The second-order valence-corrected chi connectivity index (χ2v) is 19.5. The van der Waals surface area contributed by atoms with Gasteiger partial charge in [-0.05, 0) is 0 Å². The first-order valence-corrected chi connectivity index (χ1v) is 16.7. The van der Waals surface area contributed by atoms with Crippen LogP contribution in [0.5, 0.6) is 0 Å². The summed E-state index contributed by atoms with van der Waals surface area (Å²) in [6, 6.07) is 4.80. The third-order valence-corrected chi connectivity index (χ3v) is 7.68. The van der Waals surface area contributed by atoms with Crippen LogP contribution in [0, 0.1) is 6.85 Å². The van der Waals surface area contributed by atoms with Crippen LogP contribution in [-0.4, -0.2) is 37.1 Å². The fourth-order valence-electron chi connectivity index (χ4n) is 2.13. The molecule has 1 aromatic heterocycles. The molecule has 22 heavy (non-hydrogen) atoms. The molecule has 0 unspecified atom stereocenters. The Morgan fingerprint density at radius 3 is 2.36 bits per heavy atom. The van der Waals surface area contributed by atoms with Gasteiger partial charge in [-0.3, -0.25) is 0 Å². The molecule has 0 aliphatic heterocycles. The maximum absolute atomic E-state index is 8.48. The summed E-state index contributed by atoms with van der Waals surface area (Å²) >= 11 is -2.88. The van der Waals surface area contributed by atoms with E-state index in [0.717, 1.165) is 0 Å². The molecule has 2 aromatic carbocycles. The zero-order valence-electron chi connectivity index (χ0n) is 19.6. The summed E-state index contributed by atoms with van der Waals surface area (Å²) in [6.45, 7) is -2.26. The van der Waals surface area contributed by atoms with Crippen LogP contribution >= 0.6 is 0 Å². The summed E-state index contributed by atoms with van der Waals surface area (Å²) in [4.78, 5) is 6.26. The van der Waals surface area contributed by atoms with E-state index in [0.29, 0.717) is 11.4 Å². The van der Waals surface area contributed by atoms with E-state index >= 15 is 0 Å². The molecule has 0 fully saturated rings. The SMILES string of the molecule is [2H]c1c([2H])c([2H])c(-c2nnn[n]2[Sn]([CH3])([CH3])[CH3])c(-c2ccc(C([2H])([2H])[2H])cc2)c1[2H]. The summed E-state index contributed by atoms with van der Waals surface area (Å²) in [5.41, 5.74) is 1.09. The Balaban J connectivity index is 2.35. The van der Waals surface area contributed by atoms with Crippen molar-refractivity contribution in [2.45, 2.75) is 21.7 Å². The van der Waals surface area contributed by atoms with Gasteiger partial charge in [-0.1, -0.05) is 0 Å². The fourth-order valence-corrected chi connectivity index (χ4v) is 5.27. The van der Waals surface area contributed by atoms with E-state index in [2.05, 4.69) is 30.3 Å². The van der Waals surface area contributed by atoms with E-state index in [9.17, 15) is 0 Å². The van der Waals surface area contributed by atoms with Gasteiger partial charge in [0.1, 0.15) is 0 Å². The quantitative estimate of drug-likeness (QED) is 0.618. The molecule has 0 amide bonds. The van der Waals surface area contributed by atoms with Crippen molar-refractivity contribution in [1.82, 2.24) is 18.4 Å². The molecule has 0 radical (unpaired) electrons. The van der Waals surface area contributed by atoms with Crippen molar-refractivity contribution in [2.75, 3.05) is 0 Å². The molecule has 4 nitrogen and oxygen atoms in total. The average molecular weight is 406 g/mol. The van der Waals surface area contributed by atoms with Crippen molar-refractivity contribution < 1.29 is 9.60 Å². The maximum atomic E-state index is 8.48. The number of aryl methyl sites for hydroxylation is 1. The molecule has 112 valence electrons. The van der Waals surface area contributed by atoms with Crippen molar-refractivity contribution in [3.05, 3.63) is 54.0 Å². The predicted molar refractivity (Wildman–Crippen MR) is 92.2 cm³/mol. The number of tetrazole rings is 1. The minimum atomic E-state index is -2.88. The van der Waals surface area contributed by atoms with E-state index in [4.69, 9.17) is 9.60 Å². The van der Waals surface area contributed by atoms with E-state index < -0.39 is 25.5 Å². The molecule has 0 saturated heterocycles. The molecule has 0 aliphatic carbocycles. The van der Waals surface area contributed by atoms with Gasteiger partial charge in [0.15, 0.2) is 0 Å². The molecular weight excluding hydrogens is 379 g/mol. The van der Waals surface area contributed by atoms with Crippen LogP contribution in [0.4, 0.5) is 0 Å². The fraction of sp³-hybridized carbons (Fsp3) is 0.235. The van der Waals surface area contributed by atoms with Crippen molar-refractivity contribution in [2.24, 2.45) is 0 Å². The molecule has 3 aromatic rings. The number of rotatable bonds is 3. The van der Waals surface area contributed by atoms with Gasteiger partial charge in [0, 0.05) is 0 Å². The molecule has 5 heteroatoms. The van der Waals surface area contributed by atoms with Gasteiger partial charge in [-0.2, -0.15) is 0 Å². The number of nitrogens with zero attached hydrogens (tertiary/aromatic N) is 4. The molecule has 0 N–H and O–H groups in total. The number of hydrogen-bond acceptors (Lipinski definition) is 3. The third-order valence-electron chi connectivity index (χ3n) is 3.19.